The fraction of sp³-hybridized carbons (Fsp3) is 0.833. The van der Waals surface area contributed by atoms with E-state index in [9.17, 15) is 0 Å². The SMILES string of the molecule is CC(=O)O.CC(C)CBr. The Kier molecular flexibility index (Phi) is 10.3. The first-order valence-electron chi connectivity index (χ1n) is 2.76. The molecule has 0 aliphatic carbocycles. The molecular formula is C6H13BrO2. The van der Waals surface area contributed by atoms with E-state index in [1.54, 1.807) is 0 Å². The molecule has 0 unspecified atom stereocenters. The van der Waals surface area contributed by atoms with E-state index in [-0.39, 0.29) is 0 Å². The van der Waals surface area contributed by atoms with E-state index in [0.29, 0.717) is 0 Å². The van der Waals surface area contributed by atoms with Crippen LogP contribution in [0.25, 0.3) is 0 Å². The summed E-state index contributed by atoms with van der Waals surface area (Å²) in [6, 6.07) is 0. The predicted octanol–water partition coefficient (Wildman–Crippen LogP) is 2.13. The number of carbonyl (C=O) groups is 1. The van der Waals surface area contributed by atoms with Crippen molar-refractivity contribution >= 4 is 21.9 Å². The molecule has 0 radical (unpaired) electrons. The van der Waals surface area contributed by atoms with E-state index in [1.807, 2.05) is 0 Å². The van der Waals surface area contributed by atoms with Gasteiger partial charge in [-0.15, -0.1) is 0 Å². The number of alkyl halides is 1. The average Bonchev–Trinajstić information content (AvgIpc) is 1.65. The van der Waals surface area contributed by atoms with Crippen molar-refractivity contribution in [2.24, 2.45) is 5.92 Å². The highest BCUT2D eigenvalue weighted by Crippen LogP contribution is 1.94. The van der Waals surface area contributed by atoms with Gasteiger partial charge in [0, 0.05) is 12.3 Å². The smallest absolute Gasteiger partial charge is 0.300 e. The molecule has 0 aliphatic heterocycles. The van der Waals surface area contributed by atoms with Crippen LogP contribution in [0.2, 0.25) is 0 Å². The Morgan fingerprint density at radius 2 is 1.78 bits per heavy atom. The third-order valence-electron chi connectivity index (χ3n) is 0.309. The van der Waals surface area contributed by atoms with Gasteiger partial charge in [-0.05, 0) is 5.92 Å². The van der Waals surface area contributed by atoms with Crippen molar-refractivity contribution in [3.8, 4) is 0 Å². The summed E-state index contributed by atoms with van der Waals surface area (Å²) in [5, 5.41) is 8.53. The van der Waals surface area contributed by atoms with Gasteiger partial charge in [-0.2, -0.15) is 0 Å². The van der Waals surface area contributed by atoms with Gasteiger partial charge in [0.25, 0.3) is 5.97 Å². The minimum Gasteiger partial charge on any atom is -0.481 e. The second-order valence-electron chi connectivity index (χ2n) is 2.07. The first kappa shape index (κ1) is 11.7. The lowest BCUT2D eigenvalue weighted by atomic mass is 10.3. The molecule has 0 atom stereocenters. The van der Waals surface area contributed by atoms with Crippen LogP contribution in [0.4, 0.5) is 0 Å². The van der Waals surface area contributed by atoms with Crippen LogP contribution in [0.15, 0.2) is 0 Å². The Bertz CT molecular complexity index is 67.5. The van der Waals surface area contributed by atoms with Crippen molar-refractivity contribution in [1.82, 2.24) is 0 Å². The summed E-state index contributed by atoms with van der Waals surface area (Å²) < 4.78 is 0. The molecule has 0 spiro atoms. The van der Waals surface area contributed by atoms with E-state index in [0.717, 1.165) is 18.2 Å². The van der Waals surface area contributed by atoms with E-state index in [1.165, 1.54) is 0 Å². The Morgan fingerprint density at radius 3 is 1.78 bits per heavy atom. The second-order valence-corrected chi connectivity index (χ2v) is 2.71. The molecule has 9 heavy (non-hydrogen) atoms. The van der Waals surface area contributed by atoms with Crippen LogP contribution < -0.4 is 0 Å². The maximum Gasteiger partial charge on any atom is 0.300 e. The minimum absolute atomic E-state index is 0.801. The molecule has 0 aromatic rings. The van der Waals surface area contributed by atoms with Crippen LogP contribution in [0, 0.1) is 5.92 Å². The second kappa shape index (κ2) is 7.95. The predicted molar refractivity (Wildman–Crippen MR) is 41.9 cm³/mol. The van der Waals surface area contributed by atoms with Crippen LogP contribution in [-0.2, 0) is 4.79 Å². The fourth-order valence-corrected chi connectivity index (χ4v) is 0. The average molecular weight is 197 g/mol. The first-order chi connectivity index (χ1) is 4.00. The Hall–Kier alpha value is -0.0500. The van der Waals surface area contributed by atoms with Crippen LogP contribution in [-0.4, -0.2) is 16.4 Å². The molecular weight excluding hydrogens is 184 g/mol. The monoisotopic (exact) mass is 196 g/mol. The zero-order valence-corrected chi connectivity index (χ0v) is 7.60. The molecule has 0 aliphatic rings. The zero-order valence-electron chi connectivity index (χ0n) is 6.02. The normalized spacial score (nSPS) is 8.11. The summed E-state index contributed by atoms with van der Waals surface area (Å²) >= 11 is 3.31. The molecule has 0 amide bonds. The van der Waals surface area contributed by atoms with Crippen LogP contribution >= 0.6 is 15.9 Å². The van der Waals surface area contributed by atoms with Crippen molar-refractivity contribution in [3.05, 3.63) is 0 Å². The van der Waals surface area contributed by atoms with Crippen molar-refractivity contribution in [3.63, 3.8) is 0 Å². The van der Waals surface area contributed by atoms with E-state index in [2.05, 4.69) is 29.8 Å². The molecule has 0 aromatic heterocycles. The molecule has 0 saturated heterocycles. The van der Waals surface area contributed by atoms with E-state index >= 15 is 0 Å². The molecule has 0 rings (SSSR count). The zero-order chi connectivity index (χ0) is 7.86. The van der Waals surface area contributed by atoms with Crippen molar-refractivity contribution in [2.75, 3.05) is 5.33 Å². The number of hydrogen-bond donors (Lipinski definition) is 1. The van der Waals surface area contributed by atoms with Gasteiger partial charge in [-0.25, -0.2) is 0 Å². The van der Waals surface area contributed by atoms with Gasteiger partial charge in [-0.1, -0.05) is 29.8 Å². The number of aliphatic carboxylic acids is 1. The minimum atomic E-state index is -0.833. The highest BCUT2D eigenvalue weighted by atomic mass is 79.9. The Labute approximate surface area is 64.4 Å². The number of carboxylic acid groups (broad SMARTS) is 1. The van der Waals surface area contributed by atoms with E-state index in [4.69, 9.17) is 9.90 Å². The van der Waals surface area contributed by atoms with E-state index < -0.39 is 5.97 Å². The standard InChI is InChI=1S/C4H9Br.C2H4O2/c1-4(2)3-5;1-2(3)4/h4H,3H2,1-2H3;1H3,(H,3,4). The van der Waals surface area contributed by atoms with Gasteiger partial charge in [0.15, 0.2) is 0 Å². The molecule has 0 fully saturated rings. The highest BCUT2D eigenvalue weighted by Gasteiger charge is 1.81. The maximum atomic E-state index is 9.00. The lowest BCUT2D eigenvalue weighted by Crippen LogP contribution is -1.82. The van der Waals surface area contributed by atoms with Gasteiger partial charge in [0.05, 0.1) is 0 Å². The first-order valence-corrected chi connectivity index (χ1v) is 3.88. The van der Waals surface area contributed by atoms with Gasteiger partial charge in [0.2, 0.25) is 0 Å². The molecule has 0 aromatic carbocycles. The Balaban J connectivity index is 0. The number of halogens is 1. The number of hydrogen-bond acceptors (Lipinski definition) is 1. The molecule has 0 saturated carbocycles. The van der Waals surface area contributed by atoms with Crippen molar-refractivity contribution in [2.45, 2.75) is 20.8 Å². The van der Waals surface area contributed by atoms with Gasteiger partial charge < -0.3 is 5.11 Å². The van der Waals surface area contributed by atoms with Gasteiger partial charge in [0.1, 0.15) is 0 Å². The molecule has 0 bridgehead atoms. The number of carboxylic acids is 1. The van der Waals surface area contributed by atoms with Gasteiger partial charge >= 0.3 is 0 Å². The van der Waals surface area contributed by atoms with Gasteiger partial charge in [-0.3, -0.25) is 4.79 Å². The third kappa shape index (κ3) is 74.0. The van der Waals surface area contributed by atoms with Crippen molar-refractivity contribution in [1.29, 1.82) is 0 Å². The molecule has 3 heteroatoms. The van der Waals surface area contributed by atoms with Crippen LogP contribution in [0.5, 0.6) is 0 Å². The lowest BCUT2D eigenvalue weighted by Gasteiger charge is -1.88. The van der Waals surface area contributed by atoms with Crippen molar-refractivity contribution < 1.29 is 9.90 Å². The maximum absolute atomic E-state index is 9.00. The fourth-order valence-electron chi connectivity index (χ4n) is 0. The van der Waals surface area contributed by atoms with Crippen LogP contribution in [0.3, 0.4) is 0 Å². The summed E-state index contributed by atoms with van der Waals surface area (Å²) in [5.74, 6) is -0.0324. The topological polar surface area (TPSA) is 37.3 Å². The third-order valence-corrected chi connectivity index (χ3v) is 1.60. The lowest BCUT2D eigenvalue weighted by molar-refractivity contribution is -0.134. The highest BCUT2D eigenvalue weighted by molar-refractivity contribution is 9.09. The quantitative estimate of drug-likeness (QED) is 0.653. The van der Waals surface area contributed by atoms with Crippen LogP contribution in [0.1, 0.15) is 20.8 Å². The number of rotatable bonds is 1. The summed E-state index contributed by atoms with van der Waals surface area (Å²) in [5.41, 5.74) is 0. The Morgan fingerprint density at radius 1 is 1.67 bits per heavy atom. The largest absolute Gasteiger partial charge is 0.481 e. The molecule has 2 nitrogen and oxygen atoms in total. The summed E-state index contributed by atoms with van der Waals surface area (Å²) in [7, 11) is 0. The summed E-state index contributed by atoms with van der Waals surface area (Å²) in [6.07, 6.45) is 0. The summed E-state index contributed by atoms with van der Waals surface area (Å²) in [6.45, 7) is 5.43. The molecule has 1 N–H and O–H groups in total. The molecule has 0 heterocycles. The summed E-state index contributed by atoms with van der Waals surface area (Å²) in [4.78, 5) is 9.00. The molecule has 56 valence electrons.